The molecule has 0 fully saturated rings. The Morgan fingerprint density at radius 2 is 2.18 bits per heavy atom. The molecule has 11 heavy (non-hydrogen) atoms. The first-order chi connectivity index (χ1) is 5.29. The average Bonchev–Trinajstić information content (AvgIpc) is 2.05. The van der Waals surface area contributed by atoms with Gasteiger partial charge in [0.15, 0.2) is 0 Å². The Kier molecular flexibility index (Phi) is 5.49. The Bertz CT molecular complexity index is 152. The fraction of sp³-hybridized carbons (Fsp3) is 0.400. The van der Waals surface area contributed by atoms with Crippen LogP contribution in [0.25, 0.3) is 0 Å². The normalized spacial score (nSPS) is 14.2. The van der Waals surface area contributed by atoms with E-state index in [0.717, 1.165) is 6.42 Å². The van der Waals surface area contributed by atoms with E-state index >= 15 is 0 Å². The minimum Gasteiger partial charge on any atom is -0.313 e. The molecule has 0 radical (unpaired) electrons. The van der Waals surface area contributed by atoms with Crippen LogP contribution in [0.2, 0.25) is 0 Å². The molecule has 0 aliphatic rings. The van der Waals surface area contributed by atoms with Crippen molar-refractivity contribution < 1.29 is 0 Å². The van der Waals surface area contributed by atoms with Crippen LogP contribution in [-0.4, -0.2) is 13.1 Å². The van der Waals surface area contributed by atoms with Gasteiger partial charge in [0.1, 0.15) is 0 Å². The van der Waals surface area contributed by atoms with E-state index in [4.69, 9.17) is 0 Å². The Morgan fingerprint density at radius 1 is 1.55 bits per heavy atom. The van der Waals surface area contributed by atoms with Gasteiger partial charge < -0.3 is 5.32 Å². The molecule has 0 aromatic rings. The number of rotatable bonds is 5. The molecule has 0 rings (SSSR count). The summed E-state index contributed by atoms with van der Waals surface area (Å²) in [6.07, 6.45) is 6.71. The first-order valence-corrected chi connectivity index (χ1v) is 3.92. The van der Waals surface area contributed by atoms with Gasteiger partial charge in [-0.05, 0) is 19.0 Å². The molecule has 62 valence electrons. The maximum absolute atomic E-state index is 3.74. The number of allylic oxidation sites excluding steroid dienone is 2. The van der Waals surface area contributed by atoms with Gasteiger partial charge in [0.2, 0.25) is 0 Å². The summed E-state index contributed by atoms with van der Waals surface area (Å²) in [5, 5.41) is 3.20. The standard InChI is InChI=1S/C10H17N/c1-5-8-9(6-2)10(7-3)11-4/h5-6,8,10-11H,1-2,7H2,3-4H3/b9-8+/t10-/m0/s1. The zero-order valence-electron chi connectivity index (χ0n) is 7.43. The Labute approximate surface area is 69.5 Å². The van der Waals surface area contributed by atoms with Gasteiger partial charge in [0, 0.05) is 6.04 Å². The highest BCUT2D eigenvalue weighted by Gasteiger charge is 2.04. The van der Waals surface area contributed by atoms with Gasteiger partial charge in [0.05, 0.1) is 0 Å². The quantitative estimate of drug-likeness (QED) is 0.594. The van der Waals surface area contributed by atoms with E-state index in [1.54, 1.807) is 6.08 Å². The topological polar surface area (TPSA) is 12.0 Å². The minimum atomic E-state index is 0.408. The van der Waals surface area contributed by atoms with Crippen molar-refractivity contribution in [3.8, 4) is 0 Å². The molecule has 0 saturated heterocycles. The molecule has 1 N–H and O–H groups in total. The van der Waals surface area contributed by atoms with Crippen molar-refractivity contribution in [3.05, 3.63) is 37.0 Å². The summed E-state index contributed by atoms with van der Waals surface area (Å²) in [5.41, 5.74) is 1.20. The molecule has 0 spiro atoms. The number of hydrogen-bond acceptors (Lipinski definition) is 1. The number of nitrogens with one attached hydrogen (secondary N) is 1. The summed E-state index contributed by atoms with van der Waals surface area (Å²) in [5.74, 6) is 0. The van der Waals surface area contributed by atoms with E-state index in [1.807, 2.05) is 19.2 Å². The van der Waals surface area contributed by atoms with Crippen molar-refractivity contribution in [2.45, 2.75) is 19.4 Å². The highest BCUT2D eigenvalue weighted by Crippen LogP contribution is 2.06. The fourth-order valence-electron chi connectivity index (χ4n) is 1.07. The lowest BCUT2D eigenvalue weighted by Gasteiger charge is -2.14. The molecule has 0 aromatic heterocycles. The Morgan fingerprint density at radius 3 is 2.45 bits per heavy atom. The van der Waals surface area contributed by atoms with Gasteiger partial charge >= 0.3 is 0 Å². The van der Waals surface area contributed by atoms with Crippen LogP contribution in [0.3, 0.4) is 0 Å². The van der Waals surface area contributed by atoms with Crippen LogP contribution in [-0.2, 0) is 0 Å². The lowest BCUT2D eigenvalue weighted by atomic mass is 10.0. The zero-order chi connectivity index (χ0) is 8.69. The molecule has 1 atom stereocenters. The molecule has 0 heterocycles. The van der Waals surface area contributed by atoms with Crippen LogP contribution in [0.4, 0.5) is 0 Å². The van der Waals surface area contributed by atoms with Gasteiger partial charge in [-0.1, -0.05) is 38.3 Å². The van der Waals surface area contributed by atoms with Crippen LogP contribution >= 0.6 is 0 Å². The lowest BCUT2D eigenvalue weighted by Crippen LogP contribution is -2.25. The molecule has 0 bridgehead atoms. The van der Waals surface area contributed by atoms with E-state index in [-0.39, 0.29) is 0 Å². The third kappa shape index (κ3) is 3.19. The largest absolute Gasteiger partial charge is 0.313 e. The maximum Gasteiger partial charge on any atom is 0.0314 e. The van der Waals surface area contributed by atoms with E-state index in [1.165, 1.54) is 5.57 Å². The average molecular weight is 151 g/mol. The second-order valence-corrected chi connectivity index (χ2v) is 2.36. The monoisotopic (exact) mass is 151 g/mol. The second kappa shape index (κ2) is 5.93. The van der Waals surface area contributed by atoms with Crippen LogP contribution in [0.1, 0.15) is 13.3 Å². The molecule has 0 unspecified atom stereocenters. The van der Waals surface area contributed by atoms with Crippen LogP contribution in [0, 0.1) is 0 Å². The minimum absolute atomic E-state index is 0.408. The van der Waals surface area contributed by atoms with Gasteiger partial charge in [-0.2, -0.15) is 0 Å². The summed E-state index contributed by atoms with van der Waals surface area (Å²) in [6, 6.07) is 0.408. The summed E-state index contributed by atoms with van der Waals surface area (Å²) >= 11 is 0. The lowest BCUT2D eigenvalue weighted by molar-refractivity contribution is 0.627. The highest BCUT2D eigenvalue weighted by molar-refractivity contribution is 5.26. The zero-order valence-corrected chi connectivity index (χ0v) is 7.43. The van der Waals surface area contributed by atoms with Crippen molar-refractivity contribution in [1.82, 2.24) is 5.32 Å². The fourth-order valence-corrected chi connectivity index (χ4v) is 1.07. The maximum atomic E-state index is 3.74. The Hall–Kier alpha value is -0.820. The molecule has 0 amide bonds. The van der Waals surface area contributed by atoms with Crippen molar-refractivity contribution in [3.63, 3.8) is 0 Å². The van der Waals surface area contributed by atoms with Crippen molar-refractivity contribution in [2.24, 2.45) is 0 Å². The van der Waals surface area contributed by atoms with Crippen molar-refractivity contribution >= 4 is 0 Å². The molecule has 1 nitrogen and oxygen atoms in total. The Balaban J connectivity index is 4.32. The van der Waals surface area contributed by atoms with Crippen LogP contribution in [0.5, 0.6) is 0 Å². The van der Waals surface area contributed by atoms with Gasteiger partial charge in [-0.3, -0.25) is 0 Å². The number of hydrogen-bond donors (Lipinski definition) is 1. The number of likely N-dealkylation sites (N-methyl/N-ethyl adjacent to an activating group) is 1. The molecular weight excluding hydrogens is 134 g/mol. The van der Waals surface area contributed by atoms with Crippen molar-refractivity contribution in [2.75, 3.05) is 7.05 Å². The van der Waals surface area contributed by atoms with Crippen LogP contribution in [0.15, 0.2) is 37.0 Å². The van der Waals surface area contributed by atoms with E-state index in [0.29, 0.717) is 6.04 Å². The van der Waals surface area contributed by atoms with E-state index < -0.39 is 0 Å². The molecule has 0 aliphatic carbocycles. The summed E-state index contributed by atoms with van der Waals surface area (Å²) in [7, 11) is 1.95. The predicted octanol–water partition coefficient (Wildman–Crippen LogP) is 2.28. The molecular formula is C10H17N. The SMILES string of the molecule is C=C/C=C(\C=C)[C@H](CC)NC. The van der Waals surface area contributed by atoms with Gasteiger partial charge in [0.25, 0.3) is 0 Å². The molecule has 0 aromatic carbocycles. The first-order valence-electron chi connectivity index (χ1n) is 3.92. The predicted molar refractivity (Wildman–Crippen MR) is 51.6 cm³/mol. The van der Waals surface area contributed by atoms with Gasteiger partial charge in [-0.25, -0.2) is 0 Å². The first kappa shape index (κ1) is 10.2. The van der Waals surface area contributed by atoms with Crippen LogP contribution < -0.4 is 5.32 Å². The van der Waals surface area contributed by atoms with Gasteiger partial charge in [-0.15, -0.1) is 0 Å². The molecule has 0 saturated carbocycles. The third-order valence-electron chi connectivity index (χ3n) is 1.71. The smallest absolute Gasteiger partial charge is 0.0314 e. The van der Waals surface area contributed by atoms with E-state index in [2.05, 4.69) is 25.4 Å². The summed E-state index contributed by atoms with van der Waals surface area (Å²) < 4.78 is 0. The second-order valence-electron chi connectivity index (χ2n) is 2.36. The summed E-state index contributed by atoms with van der Waals surface area (Å²) in [6.45, 7) is 9.53. The molecule has 1 heteroatoms. The van der Waals surface area contributed by atoms with E-state index in [9.17, 15) is 0 Å². The highest BCUT2D eigenvalue weighted by atomic mass is 14.9. The molecule has 0 aliphatic heterocycles. The third-order valence-corrected chi connectivity index (χ3v) is 1.71. The van der Waals surface area contributed by atoms with Crippen molar-refractivity contribution in [1.29, 1.82) is 0 Å². The summed E-state index contributed by atoms with van der Waals surface area (Å²) in [4.78, 5) is 0.